The highest BCUT2D eigenvalue weighted by Gasteiger charge is 2.19. The Labute approximate surface area is 173 Å². The number of nitrogens with zero attached hydrogens (tertiary/aromatic N) is 1. The molecule has 1 saturated heterocycles. The van der Waals surface area contributed by atoms with Crippen molar-refractivity contribution in [3.05, 3.63) is 71.4 Å². The van der Waals surface area contributed by atoms with Gasteiger partial charge in [-0.3, -0.25) is 0 Å². The van der Waals surface area contributed by atoms with Crippen molar-refractivity contribution in [2.75, 3.05) is 13.2 Å². The number of aromatic nitrogens is 1. The number of carbonyl (C=O) groups is 1. The van der Waals surface area contributed by atoms with Crippen molar-refractivity contribution in [2.45, 2.75) is 18.9 Å². The number of aromatic carboxylic acids is 1. The molecule has 6 heteroatoms. The van der Waals surface area contributed by atoms with Crippen LogP contribution in [-0.2, 0) is 4.74 Å². The van der Waals surface area contributed by atoms with Gasteiger partial charge in [0.25, 0.3) is 0 Å². The van der Waals surface area contributed by atoms with E-state index >= 15 is 0 Å². The first-order chi connectivity index (χ1) is 14.1. The molecule has 29 heavy (non-hydrogen) atoms. The average molecular weight is 410 g/mol. The molecule has 0 radical (unpaired) electrons. The van der Waals surface area contributed by atoms with Crippen LogP contribution in [0.3, 0.4) is 0 Å². The fourth-order valence-corrected chi connectivity index (χ4v) is 3.61. The third-order valence-electron chi connectivity index (χ3n) is 4.85. The molecule has 1 aliphatic heterocycles. The SMILES string of the molecule is O=C(O)c1cccc(-c2ccccc2-c2cc(Cl)ccc2OCC2CCCO2)n1. The van der Waals surface area contributed by atoms with Crippen LogP contribution in [0.25, 0.3) is 22.4 Å². The second-order valence-corrected chi connectivity index (χ2v) is 7.28. The highest BCUT2D eigenvalue weighted by Crippen LogP contribution is 2.38. The average Bonchev–Trinajstić information content (AvgIpc) is 3.26. The third kappa shape index (κ3) is 4.42. The van der Waals surface area contributed by atoms with Crippen LogP contribution >= 0.6 is 11.6 Å². The molecule has 0 spiro atoms. The molecule has 3 aromatic rings. The number of halogens is 1. The minimum atomic E-state index is -1.06. The summed E-state index contributed by atoms with van der Waals surface area (Å²) in [6, 6.07) is 18.1. The van der Waals surface area contributed by atoms with Gasteiger partial charge >= 0.3 is 5.97 Å². The normalized spacial score (nSPS) is 16.0. The first kappa shape index (κ1) is 19.4. The fraction of sp³-hybridized carbons (Fsp3) is 0.217. The number of hydrogen-bond donors (Lipinski definition) is 1. The van der Waals surface area contributed by atoms with Gasteiger partial charge in [0.1, 0.15) is 18.1 Å². The van der Waals surface area contributed by atoms with Gasteiger partial charge in [0.15, 0.2) is 0 Å². The zero-order valence-corrected chi connectivity index (χ0v) is 16.4. The zero-order chi connectivity index (χ0) is 20.2. The number of rotatable bonds is 6. The second-order valence-electron chi connectivity index (χ2n) is 6.85. The van der Waals surface area contributed by atoms with Gasteiger partial charge in [0.05, 0.1) is 11.8 Å². The molecule has 1 atom stereocenters. The molecule has 0 saturated carbocycles. The van der Waals surface area contributed by atoms with Crippen LogP contribution in [0.2, 0.25) is 5.02 Å². The van der Waals surface area contributed by atoms with Crippen molar-refractivity contribution in [3.63, 3.8) is 0 Å². The lowest BCUT2D eigenvalue weighted by molar-refractivity contribution is 0.0681. The summed E-state index contributed by atoms with van der Waals surface area (Å²) >= 11 is 6.29. The predicted molar refractivity (Wildman–Crippen MR) is 112 cm³/mol. The van der Waals surface area contributed by atoms with Gasteiger partial charge in [-0.2, -0.15) is 0 Å². The predicted octanol–water partition coefficient (Wildman–Crippen LogP) is 5.33. The summed E-state index contributed by atoms with van der Waals surface area (Å²) in [6.45, 7) is 1.25. The van der Waals surface area contributed by atoms with Crippen LogP contribution in [0.1, 0.15) is 23.3 Å². The van der Waals surface area contributed by atoms with Crippen molar-refractivity contribution in [3.8, 4) is 28.1 Å². The molecular formula is C23H20ClNO4. The lowest BCUT2D eigenvalue weighted by Crippen LogP contribution is -2.16. The summed E-state index contributed by atoms with van der Waals surface area (Å²) in [6.07, 6.45) is 2.14. The van der Waals surface area contributed by atoms with E-state index in [2.05, 4.69) is 4.98 Å². The molecule has 1 fully saturated rings. The standard InChI is InChI=1S/C23H20ClNO4/c24-15-10-11-22(29-14-16-5-4-12-28-16)19(13-15)17-6-1-2-7-18(17)20-8-3-9-21(25-20)23(26)27/h1-3,6-11,13,16H,4-5,12,14H2,(H,26,27). The van der Waals surface area contributed by atoms with E-state index in [0.717, 1.165) is 36.1 Å². The first-order valence-electron chi connectivity index (χ1n) is 9.46. The molecule has 2 heterocycles. The number of carboxylic acid groups (broad SMARTS) is 1. The molecule has 1 unspecified atom stereocenters. The summed E-state index contributed by atoms with van der Waals surface area (Å²) < 4.78 is 11.7. The molecule has 5 nitrogen and oxygen atoms in total. The van der Waals surface area contributed by atoms with Crippen molar-refractivity contribution in [2.24, 2.45) is 0 Å². The maximum absolute atomic E-state index is 11.3. The zero-order valence-electron chi connectivity index (χ0n) is 15.7. The summed E-state index contributed by atoms with van der Waals surface area (Å²) in [5.41, 5.74) is 3.07. The molecule has 148 valence electrons. The highest BCUT2D eigenvalue weighted by molar-refractivity contribution is 6.31. The van der Waals surface area contributed by atoms with E-state index in [0.29, 0.717) is 23.1 Å². The van der Waals surface area contributed by atoms with E-state index < -0.39 is 5.97 Å². The Bertz CT molecular complexity index is 1030. The quantitative estimate of drug-likeness (QED) is 0.596. The van der Waals surface area contributed by atoms with Crippen LogP contribution < -0.4 is 4.74 Å². The van der Waals surface area contributed by atoms with E-state index in [4.69, 9.17) is 21.1 Å². The topological polar surface area (TPSA) is 68.7 Å². The van der Waals surface area contributed by atoms with Gasteiger partial charge in [-0.05, 0) is 48.7 Å². The van der Waals surface area contributed by atoms with Crippen molar-refractivity contribution < 1.29 is 19.4 Å². The summed E-state index contributed by atoms with van der Waals surface area (Å²) in [5.74, 6) is -0.362. The van der Waals surface area contributed by atoms with Gasteiger partial charge in [-0.1, -0.05) is 41.9 Å². The van der Waals surface area contributed by atoms with E-state index in [1.807, 2.05) is 36.4 Å². The minimum Gasteiger partial charge on any atom is -0.490 e. The largest absolute Gasteiger partial charge is 0.490 e. The summed E-state index contributed by atoms with van der Waals surface area (Å²) in [4.78, 5) is 15.6. The van der Waals surface area contributed by atoms with Gasteiger partial charge < -0.3 is 14.6 Å². The van der Waals surface area contributed by atoms with Crippen LogP contribution in [-0.4, -0.2) is 35.4 Å². The molecule has 1 aliphatic rings. The summed E-state index contributed by atoms with van der Waals surface area (Å²) in [5, 5.41) is 9.87. The Morgan fingerprint density at radius 1 is 1.10 bits per heavy atom. The molecule has 1 aromatic heterocycles. The van der Waals surface area contributed by atoms with Crippen LogP contribution in [0.15, 0.2) is 60.7 Å². The number of pyridine rings is 1. The van der Waals surface area contributed by atoms with Gasteiger partial charge in [0.2, 0.25) is 0 Å². The fourth-order valence-electron chi connectivity index (χ4n) is 3.44. The van der Waals surface area contributed by atoms with E-state index in [9.17, 15) is 9.90 Å². The highest BCUT2D eigenvalue weighted by atomic mass is 35.5. The van der Waals surface area contributed by atoms with Crippen molar-refractivity contribution in [1.29, 1.82) is 0 Å². The minimum absolute atomic E-state index is 0.00162. The van der Waals surface area contributed by atoms with Gasteiger partial charge in [-0.15, -0.1) is 0 Å². The smallest absolute Gasteiger partial charge is 0.354 e. The maximum atomic E-state index is 11.3. The maximum Gasteiger partial charge on any atom is 0.354 e. The van der Waals surface area contributed by atoms with E-state index in [-0.39, 0.29) is 11.8 Å². The number of ether oxygens (including phenoxy) is 2. The molecule has 0 amide bonds. The van der Waals surface area contributed by atoms with Crippen molar-refractivity contribution in [1.82, 2.24) is 4.98 Å². The monoisotopic (exact) mass is 409 g/mol. The van der Waals surface area contributed by atoms with Crippen LogP contribution in [0.4, 0.5) is 0 Å². The first-order valence-corrected chi connectivity index (χ1v) is 9.83. The summed E-state index contributed by atoms with van der Waals surface area (Å²) in [7, 11) is 0. The Morgan fingerprint density at radius 3 is 2.69 bits per heavy atom. The number of carboxylic acids is 1. The molecule has 2 aromatic carbocycles. The number of hydrogen-bond acceptors (Lipinski definition) is 4. The van der Waals surface area contributed by atoms with Gasteiger partial charge in [-0.25, -0.2) is 9.78 Å². The second kappa shape index (κ2) is 8.64. The van der Waals surface area contributed by atoms with E-state index in [1.165, 1.54) is 6.07 Å². The lowest BCUT2D eigenvalue weighted by atomic mass is 9.96. The van der Waals surface area contributed by atoms with Gasteiger partial charge in [0, 0.05) is 22.8 Å². The van der Waals surface area contributed by atoms with Crippen LogP contribution in [0, 0.1) is 0 Å². The lowest BCUT2D eigenvalue weighted by Gasteiger charge is -2.17. The van der Waals surface area contributed by atoms with Crippen LogP contribution in [0.5, 0.6) is 5.75 Å². The number of benzene rings is 2. The Balaban J connectivity index is 1.74. The molecule has 0 bridgehead atoms. The molecule has 1 N–H and O–H groups in total. The Morgan fingerprint density at radius 2 is 1.93 bits per heavy atom. The van der Waals surface area contributed by atoms with E-state index in [1.54, 1.807) is 18.2 Å². The molecule has 4 rings (SSSR count). The molecule has 0 aliphatic carbocycles. The third-order valence-corrected chi connectivity index (χ3v) is 5.09. The van der Waals surface area contributed by atoms with Crippen molar-refractivity contribution >= 4 is 17.6 Å². The molecular weight excluding hydrogens is 390 g/mol. The Hall–Kier alpha value is -2.89. The Kier molecular flexibility index (Phi) is 5.79.